The number of nitrogens with one attached hydrogen (secondary N) is 1. The van der Waals surface area contributed by atoms with E-state index in [0.29, 0.717) is 11.6 Å². The number of aromatic nitrogens is 1. The summed E-state index contributed by atoms with van der Waals surface area (Å²) in [4.78, 5) is 19.6. The van der Waals surface area contributed by atoms with Crippen molar-refractivity contribution in [2.24, 2.45) is 0 Å². The van der Waals surface area contributed by atoms with Crippen LogP contribution in [0.3, 0.4) is 0 Å². The van der Waals surface area contributed by atoms with E-state index in [1.54, 1.807) is 11.3 Å². The molecule has 1 aromatic heterocycles. The maximum absolute atomic E-state index is 12.7. The molecule has 0 saturated carbocycles. The molecular weight excluding hydrogens is 354 g/mol. The second-order valence-electron chi connectivity index (χ2n) is 7.67. The van der Waals surface area contributed by atoms with Gasteiger partial charge < -0.3 is 5.32 Å². The fourth-order valence-electron chi connectivity index (χ4n) is 4.52. The van der Waals surface area contributed by atoms with Crippen LogP contribution < -0.4 is 5.32 Å². The van der Waals surface area contributed by atoms with Gasteiger partial charge in [-0.2, -0.15) is 0 Å². The maximum Gasteiger partial charge on any atom is 0.251 e. The van der Waals surface area contributed by atoms with Crippen LogP contribution in [-0.2, 0) is 12.8 Å². The number of amides is 1. The Morgan fingerprint density at radius 2 is 1.96 bits per heavy atom. The van der Waals surface area contributed by atoms with E-state index in [2.05, 4.69) is 39.5 Å². The second kappa shape index (κ2) is 7.06. The van der Waals surface area contributed by atoms with Crippen LogP contribution in [0.2, 0.25) is 0 Å². The number of likely N-dealkylation sites (tertiary alicyclic amines) is 1. The number of piperidine rings is 1. The van der Waals surface area contributed by atoms with Crippen molar-refractivity contribution in [2.45, 2.75) is 37.8 Å². The van der Waals surface area contributed by atoms with Crippen LogP contribution in [0.4, 0.5) is 0 Å². The lowest BCUT2D eigenvalue weighted by atomic mass is 10.0. The van der Waals surface area contributed by atoms with Crippen LogP contribution in [0.5, 0.6) is 0 Å². The summed E-state index contributed by atoms with van der Waals surface area (Å²) >= 11 is 1.60. The van der Waals surface area contributed by atoms with Gasteiger partial charge in [0.15, 0.2) is 0 Å². The highest BCUT2D eigenvalue weighted by Gasteiger charge is 2.30. The van der Waals surface area contributed by atoms with E-state index in [-0.39, 0.29) is 11.9 Å². The molecule has 1 fully saturated rings. The van der Waals surface area contributed by atoms with Crippen molar-refractivity contribution >= 4 is 27.5 Å². The van der Waals surface area contributed by atoms with Gasteiger partial charge in [0.1, 0.15) is 0 Å². The van der Waals surface area contributed by atoms with E-state index < -0.39 is 0 Å². The van der Waals surface area contributed by atoms with Crippen molar-refractivity contribution in [3.63, 3.8) is 0 Å². The van der Waals surface area contributed by atoms with E-state index >= 15 is 0 Å². The Morgan fingerprint density at radius 3 is 2.78 bits per heavy atom. The van der Waals surface area contributed by atoms with Crippen molar-refractivity contribution in [3.8, 4) is 0 Å². The summed E-state index contributed by atoms with van der Waals surface area (Å²) in [5.41, 5.74) is 6.42. The first-order chi connectivity index (χ1) is 13.3. The van der Waals surface area contributed by atoms with E-state index in [1.165, 1.54) is 11.1 Å². The normalized spacial score (nSPS) is 20.7. The first kappa shape index (κ1) is 16.9. The molecule has 1 N–H and O–H groups in total. The molecule has 5 heteroatoms. The standard InChI is InChI=1S/C22H23N3OS/c26-22(17-7-8-21-20(12-17)23-14-27-21)24-18-6-3-9-25(13-18)19-10-15-4-1-2-5-16(15)11-19/h1-2,4-5,7-8,12,14,18-19H,3,6,9-11,13H2,(H,24,26)/t18-/m1/s1. The number of benzene rings is 2. The zero-order valence-electron chi connectivity index (χ0n) is 15.2. The summed E-state index contributed by atoms with van der Waals surface area (Å²) in [5.74, 6) is 0.0199. The predicted molar refractivity (Wildman–Crippen MR) is 109 cm³/mol. The van der Waals surface area contributed by atoms with Crippen LogP contribution in [0, 0.1) is 0 Å². The highest BCUT2D eigenvalue weighted by atomic mass is 32.1. The number of fused-ring (bicyclic) bond motifs is 2. The molecule has 2 aromatic carbocycles. The largest absolute Gasteiger partial charge is 0.348 e. The fraction of sp³-hybridized carbons (Fsp3) is 0.364. The van der Waals surface area contributed by atoms with Crippen molar-refractivity contribution in [2.75, 3.05) is 13.1 Å². The molecule has 2 heterocycles. The van der Waals surface area contributed by atoms with Gasteiger partial charge in [0.2, 0.25) is 0 Å². The van der Waals surface area contributed by atoms with Gasteiger partial charge in [-0.25, -0.2) is 4.98 Å². The Kier molecular flexibility index (Phi) is 4.42. The third-order valence-electron chi connectivity index (χ3n) is 5.93. The number of nitrogens with zero attached hydrogens (tertiary/aromatic N) is 2. The van der Waals surface area contributed by atoms with Gasteiger partial charge in [0.25, 0.3) is 5.91 Å². The lowest BCUT2D eigenvalue weighted by molar-refractivity contribution is 0.0876. The van der Waals surface area contributed by atoms with Gasteiger partial charge in [0, 0.05) is 24.2 Å². The summed E-state index contributed by atoms with van der Waals surface area (Å²) in [6, 6.07) is 15.4. The van der Waals surface area contributed by atoms with Crippen LogP contribution in [0.25, 0.3) is 10.2 Å². The summed E-state index contributed by atoms with van der Waals surface area (Å²) in [7, 11) is 0. The smallest absolute Gasteiger partial charge is 0.251 e. The molecule has 0 bridgehead atoms. The Morgan fingerprint density at radius 1 is 1.15 bits per heavy atom. The van der Waals surface area contributed by atoms with Gasteiger partial charge in [0.05, 0.1) is 15.7 Å². The molecule has 1 aliphatic heterocycles. The molecule has 138 valence electrons. The van der Waals surface area contributed by atoms with Gasteiger partial charge >= 0.3 is 0 Å². The number of hydrogen-bond acceptors (Lipinski definition) is 4. The Balaban J connectivity index is 1.24. The van der Waals surface area contributed by atoms with E-state index in [4.69, 9.17) is 0 Å². The second-order valence-corrected chi connectivity index (χ2v) is 8.56. The van der Waals surface area contributed by atoms with Crippen LogP contribution in [-0.4, -0.2) is 41.0 Å². The van der Waals surface area contributed by atoms with E-state index in [1.807, 2.05) is 23.7 Å². The number of carbonyl (C=O) groups excluding carboxylic acids is 1. The first-order valence-corrected chi connectivity index (χ1v) is 10.6. The highest BCUT2D eigenvalue weighted by molar-refractivity contribution is 7.16. The SMILES string of the molecule is O=C(N[C@@H]1CCCN(C2Cc3ccccc3C2)C1)c1ccc2scnc2c1. The summed E-state index contributed by atoms with van der Waals surface area (Å²) < 4.78 is 1.12. The third-order valence-corrected chi connectivity index (χ3v) is 6.74. The van der Waals surface area contributed by atoms with Gasteiger partial charge in [-0.3, -0.25) is 9.69 Å². The average Bonchev–Trinajstić information content (AvgIpc) is 3.34. The van der Waals surface area contributed by atoms with Crippen LogP contribution in [0.1, 0.15) is 34.3 Å². The lowest BCUT2D eigenvalue weighted by Gasteiger charge is -2.37. The molecule has 1 amide bonds. The molecule has 3 aromatic rings. The fourth-order valence-corrected chi connectivity index (χ4v) is 5.18. The number of rotatable bonds is 3. The topological polar surface area (TPSA) is 45.2 Å². The lowest BCUT2D eigenvalue weighted by Crippen LogP contribution is -2.51. The minimum Gasteiger partial charge on any atom is -0.348 e. The Hall–Kier alpha value is -2.24. The van der Waals surface area contributed by atoms with Crippen molar-refractivity contribution in [1.82, 2.24) is 15.2 Å². The molecule has 0 unspecified atom stereocenters. The number of carbonyl (C=O) groups is 1. The molecule has 1 atom stereocenters. The van der Waals surface area contributed by atoms with Crippen molar-refractivity contribution < 1.29 is 4.79 Å². The average molecular weight is 378 g/mol. The quantitative estimate of drug-likeness (QED) is 0.758. The third kappa shape index (κ3) is 3.37. The molecule has 4 nitrogen and oxygen atoms in total. The van der Waals surface area contributed by atoms with Crippen LogP contribution >= 0.6 is 11.3 Å². The number of thiazole rings is 1. The Labute approximate surface area is 163 Å². The minimum atomic E-state index is 0.0199. The molecule has 0 spiro atoms. The van der Waals surface area contributed by atoms with Crippen LogP contribution in [0.15, 0.2) is 48.0 Å². The molecular formula is C22H23N3OS. The molecule has 1 aliphatic carbocycles. The van der Waals surface area contributed by atoms with Crippen molar-refractivity contribution in [1.29, 1.82) is 0 Å². The molecule has 27 heavy (non-hydrogen) atoms. The molecule has 2 aliphatic rings. The highest BCUT2D eigenvalue weighted by Crippen LogP contribution is 2.27. The van der Waals surface area contributed by atoms with Crippen molar-refractivity contribution in [3.05, 3.63) is 64.7 Å². The number of hydrogen-bond donors (Lipinski definition) is 1. The molecule has 5 rings (SSSR count). The van der Waals surface area contributed by atoms with E-state index in [9.17, 15) is 4.79 Å². The van der Waals surface area contributed by atoms with Gasteiger partial charge in [-0.1, -0.05) is 24.3 Å². The predicted octanol–water partition coefficient (Wildman–Crippen LogP) is 3.66. The maximum atomic E-state index is 12.7. The summed E-state index contributed by atoms with van der Waals surface area (Å²) in [5, 5.41) is 3.26. The van der Waals surface area contributed by atoms with Gasteiger partial charge in [-0.15, -0.1) is 11.3 Å². The summed E-state index contributed by atoms with van der Waals surface area (Å²) in [6.07, 6.45) is 4.47. The zero-order valence-corrected chi connectivity index (χ0v) is 16.0. The Bertz CT molecular complexity index is 957. The summed E-state index contributed by atoms with van der Waals surface area (Å²) in [6.45, 7) is 2.08. The van der Waals surface area contributed by atoms with Gasteiger partial charge in [-0.05, 0) is 61.6 Å². The zero-order chi connectivity index (χ0) is 18.2. The molecule has 1 saturated heterocycles. The van der Waals surface area contributed by atoms with E-state index in [0.717, 1.165) is 49.0 Å². The monoisotopic (exact) mass is 377 g/mol. The minimum absolute atomic E-state index is 0.0199. The molecule has 0 radical (unpaired) electrons. The first-order valence-electron chi connectivity index (χ1n) is 9.71.